The SMILES string of the molecule is Cc1ccc(OCNC(=O)NCCCCCC(=O)O)c(C)c1. The lowest BCUT2D eigenvalue weighted by molar-refractivity contribution is -0.137. The monoisotopic (exact) mass is 308 g/mol. The van der Waals surface area contributed by atoms with Crippen LogP contribution < -0.4 is 15.4 Å². The Morgan fingerprint density at radius 1 is 1.14 bits per heavy atom. The standard InChI is InChI=1S/C16H24N2O4/c1-12-7-8-14(13(2)10-12)22-11-18-16(21)17-9-5-3-4-6-15(19)20/h7-8,10H,3-6,9,11H2,1-2H3,(H,19,20)(H2,17,18,21). The van der Waals surface area contributed by atoms with Gasteiger partial charge in [-0.3, -0.25) is 4.79 Å². The molecule has 0 saturated heterocycles. The van der Waals surface area contributed by atoms with E-state index in [2.05, 4.69) is 10.6 Å². The van der Waals surface area contributed by atoms with E-state index in [4.69, 9.17) is 9.84 Å². The third-order valence-corrected chi connectivity index (χ3v) is 3.14. The predicted octanol–water partition coefficient (Wildman–Crippen LogP) is 2.58. The molecule has 3 N–H and O–H groups in total. The molecule has 0 radical (unpaired) electrons. The zero-order valence-corrected chi connectivity index (χ0v) is 13.1. The highest BCUT2D eigenvalue weighted by Crippen LogP contribution is 2.18. The van der Waals surface area contributed by atoms with Crippen LogP contribution in [0.2, 0.25) is 0 Å². The van der Waals surface area contributed by atoms with Gasteiger partial charge in [0.25, 0.3) is 0 Å². The second kappa shape index (κ2) is 9.65. The summed E-state index contributed by atoms with van der Waals surface area (Å²) in [5.41, 5.74) is 2.19. The Hall–Kier alpha value is -2.24. The van der Waals surface area contributed by atoms with Gasteiger partial charge in [-0.2, -0.15) is 0 Å². The highest BCUT2D eigenvalue weighted by atomic mass is 16.5. The first-order valence-electron chi connectivity index (χ1n) is 7.42. The van der Waals surface area contributed by atoms with E-state index in [1.54, 1.807) is 0 Å². The lowest BCUT2D eigenvalue weighted by Gasteiger charge is -2.11. The van der Waals surface area contributed by atoms with Crippen molar-refractivity contribution >= 4 is 12.0 Å². The average molecular weight is 308 g/mol. The Bertz CT molecular complexity index is 503. The zero-order chi connectivity index (χ0) is 16.4. The van der Waals surface area contributed by atoms with Crippen LogP contribution in [0.3, 0.4) is 0 Å². The van der Waals surface area contributed by atoms with Gasteiger partial charge in [0, 0.05) is 13.0 Å². The Kier molecular flexibility index (Phi) is 7.81. The van der Waals surface area contributed by atoms with E-state index >= 15 is 0 Å². The molecule has 0 atom stereocenters. The molecular weight excluding hydrogens is 284 g/mol. The molecule has 6 heteroatoms. The fraction of sp³-hybridized carbons (Fsp3) is 0.500. The van der Waals surface area contributed by atoms with Gasteiger partial charge in [0.05, 0.1) is 0 Å². The Labute approximate surface area is 130 Å². The number of aryl methyl sites for hydroxylation is 2. The maximum Gasteiger partial charge on any atom is 0.317 e. The molecule has 0 fully saturated rings. The molecule has 1 aromatic carbocycles. The first-order chi connectivity index (χ1) is 10.5. The van der Waals surface area contributed by atoms with Gasteiger partial charge in [0.15, 0.2) is 6.73 Å². The number of carboxylic acids is 1. The molecule has 22 heavy (non-hydrogen) atoms. The maximum absolute atomic E-state index is 11.5. The van der Waals surface area contributed by atoms with Gasteiger partial charge in [-0.05, 0) is 38.3 Å². The van der Waals surface area contributed by atoms with Crippen molar-refractivity contribution in [1.82, 2.24) is 10.6 Å². The van der Waals surface area contributed by atoms with E-state index < -0.39 is 5.97 Å². The number of nitrogens with one attached hydrogen (secondary N) is 2. The number of carbonyl (C=O) groups is 2. The fourth-order valence-corrected chi connectivity index (χ4v) is 1.98. The number of carboxylic acid groups (broad SMARTS) is 1. The van der Waals surface area contributed by atoms with Crippen LogP contribution in [-0.2, 0) is 4.79 Å². The minimum atomic E-state index is -0.783. The third-order valence-electron chi connectivity index (χ3n) is 3.14. The third kappa shape index (κ3) is 7.52. The molecule has 122 valence electrons. The van der Waals surface area contributed by atoms with Crippen LogP contribution in [0.1, 0.15) is 36.8 Å². The molecule has 0 saturated carbocycles. The van der Waals surface area contributed by atoms with Crippen molar-refractivity contribution < 1.29 is 19.4 Å². The van der Waals surface area contributed by atoms with Crippen LogP contribution in [-0.4, -0.2) is 30.4 Å². The van der Waals surface area contributed by atoms with Crippen LogP contribution in [0.5, 0.6) is 5.75 Å². The quantitative estimate of drug-likeness (QED) is 0.483. The van der Waals surface area contributed by atoms with Gasteiger partial charge < -0.3 is 20.5 Å². The van der Waals surface area contributed by atoms with E-state index in [9.17, 15) is 9.59 Å². The van der Waals surface area contributed by atoms with E-state index in [-0.39, 0.29) is 19.2 Å². The molecule has 0 aliphatic carbocycles. The van der Waals surface area contributed by atoms with E-state index in [0.717, 1.165) is 24.2 Å². The molecule has 1 aromatic rings. The van der Waals surface area contributed by atoms with Gasteiger partial charge in [0.1, 0.15) is 5.75 Å². The van der Waals surface area contributed by atoms with Gasteiger partial charge in [-0.25, -0.2) is 4.79 Å². The number of benzene rings is 1. The van der Waals surface area contributed by atoms with Crippen molar-refractivity contribution in [1.29, 1.82) is 0 Å². The molecule has 6 nitrogen and oxygen atoms in total. The van der Waals surface area contributed by atoms with Crippen LogP contribution in [0.15, 0.2) is 18.2 Å². The molecule has 2 amide bonds. The van der Waals surface area contributed by atoms with E-state index in [1.807, 2.05) is 32.0 Å². The summed E-state index contributed by atoms with van der Waals surface area (Å²) in [5.74, 6) is -0.0335. The summed E-state index contributed by atoms with van der Waals surface area (Å²) in [6.07, 6.45) is 2.36. The first kappa shape index (κ1) is 17.8. The molecule has 0 unspecified atom stereocenters. The second-order valence-electron chi connectivity index (χ2n) is 5.19. The molecule has 0 bridgehead atoms. The first-order valence-corrected chi connectivity index (χ1v) is 7.42. The number of carbonyl (C=O) groups excluding carboxylic acids is 1. The summed E-state index contributed by atoms with van der Waals surface area (Å²) >= 11 is 0. The summed E-state index contributed by atoms with van der Waals surface area (Å²) in [7, 11) is 0. The topological polar surface area (TPSA) is 87.7 Å². The Morgan fingerprint density at radius 2 is 1.91 bits per heavy atom. The molecule has 1 rings (SSSR count). The molecule has 0 aromatic heterocycles. The normalized spacial score (nSPS) is 10.1. The number of rotatable bonds is 9. The average Bonchev–Trinajstić information content (AvgIpc) is 2.44. The van der Waals surface area contributed by atoms with Gasteiger partial charge in [0.2, 0.25) is 0 Å². The summed E-state index contributed by atoms with van der Waals surface area (Å²) in [6, 6.07) is 5.57. The molecular formula is C16H24N2O4. The molecule has 0 heterocycles. The van der Waals surface area contributed by atoms with E-state index in [0.29, 0.717) is 13.0 Å². The molecule has 0 aliphatic rings. The summed E-state index contributed by atoms with van der Waals surface area (Å²) in [4.78, 5) is 21.8. The summed E-state index contributed by atoms with van der Waals surface area (Å²) in [6.45, 7) is 4.60. The van der Waals surface area contributed by atoms with Crippen molar-refractivity contribution in [2.75, 3.05) is 13.3 Å². The number of hydrogen-bond acceptors (Lipinski definition) is 3. The van der Waals surface area contributed by atoms with Crippen molar-refractivity contribution in [2.45, 2.75) is 39.5 Å². The number of amides is 2. The predicted molar refractivity (Wildman–Crippen MR) is 84.0 cm³/mol. The van der Waals surface area contributed by atoms with Gasteiger partial charge >= 0.3 is 12.0 Å². The highest BCUT2D eigenvalue weighted by molar-refractivity contribution is 5.73. The fourth-order valence-electron chi connectivity index (χ4n) is 1.98. The number of ether oxygens (including phenoxy) is 1. The molecule has 0 aliphatic heterocycles. The van der Waals surface area contributed by atoms with Crippen molar-refractivity contribution in [3.8, 4) is 5.75 Å². The van der Waals surface area contributed by atoms with Crippen LogP contribution in [0, 0.1) is 13.8 Å². The maximum atomic E-state index is 11.5. The van der Waals surface area contributed by atoms with Crippen LogP contribution >= 0.6 is 0 Å². The zero-order valence-electron chi connectivity index (χ0n) is 13.1. The van der Waals surface area contributed by atoms with Crippen molar-refractivity contribution in [3.63, 3.8) is 0 Å². The van der Waals surface area contributed by atoms with Gasteiger partial charge in [-0.1, -0.05) is 24.1 Å². The number of unbranched alkanes of at least 4 members (excludes halogenated alkanes) is 2. The lowest BCUT2D eigenvalue weighted by atomic mass is 10.1. The highest BCUT2D eigenvalue weighted by Gasteiger charge is 2.02. The number of hydrogen-bond donors (Lipinski definition) is 3. The van der Waals surface area contributed by atoms with Crippen molar-refractivity contribution in [3.05, 3.63) is 29.3 Å². The lowest BCUT2D eigenvalue weighted by Crippen LogP contribution is -2.38. The minimum absolute atomic E-state index is 0.106. The summed E-state index contributed by atoms with van der Waals surface area (Å²) < 4.78 is 5.50. The van der Waals surface area contributed by atoms with Crippen LogP contribution in [0.4, 0.5) is 4.79 Å². The minimum Gasteiger partial charge on any atom is -0.481 e. The molecule has 0 spiro atoms. The smallest absolute Gasteiger partial charge is 0.317 e. The second-order valence-corrected chi connectivity index (χ2v) is 5.19. The largest absolute Gasteiger partial charge is 0.481 e. The van der Waals surface area contributed by atoms with Crippen molar-refractivity contribution in [2.24, 2.45) is 0 Å². The van der Waals surface area contributed by atoms with Gasteiger partial charge in [-0.15, -0.1) is 0 Å². The van der Waals surface area contributed by atoms with Crippen LogP contribution in [0.25, 0.3) is 0 Å². The Morgan fingerprint density at radius 3 is 2.59 bits per heavy atom. The summed E-state index contributed by atoms with van der Waals surface area (Å²) in [5, 5.41) is 13.8. The number of urea groups is 1. The Balaban J connectivity index is 2.09. The number of aliphatic carboxylic acids is 1. The van der Waals surface area contributed by atoms with E-state index in [1.165, 1.54) is 5.56 Å².